The van der Waals surface area contributed by atoms with Gasteiger partial charge in [0.1, 0.15) is 19.0 Å². The molecule has 2 aromatic carbocycles. The monoisotopic (exact) mass is 411 g/mol. The van der Waals surface area contributed by atoms with E-state index in [4.69, 9.17) is 25.8 Å². The maximum atomic E-state index is 12.6. The number of hydrogen-bond acceptors (Lipinski definition) is 4. The van der Waals surface area contributed by atoms with E-state index >= 15 is 0 Å². The third-order valence-electron chi connectivity index (χ3n) is 3.58. The van der Waals surface area contributed by atoms with Crippen molar-refractivity contribution >= 4 is 39.1 Å². The molecule has 0 atom stereocenters. The minimum atomic E-state index is -0.308. The van der Waals surface area contributed by atoms with Crippen molar-refractivity contribution in [2.24, 2.45) is 0 Å². The van der Waals surface area contributed by atoms with Crippen LogP contribution in [-0.4, -0.2) is 26.2 Å². The first-order valence-corrected chi connectivity index (χ1v) is 8.41. The summed E-state index contributed by atoms with van der Waals surface area (Å²) in [6.07, 6.45) is 0. The summed E-state index contributed by atoms with van der Waals surface area (Å²) in [7, 11) is 1.55. The second kappa shape index (κ2) is 6.91. The number of methoxy groups -OCH3 is 1. The van der Waals surface area contributed by atoms with Crippen molar-refractivity contribution in [2.75, 3.05) is 25.6 Å². The molecule has 0 unspecified atom stereocenters. The molecule has 1 aliphatic rings. The van der Waals surface area contributed by atoms with Gasteiger partial charge in [0, 0.05) is 10.0 Å². The SMILES string of the molecule is COc1cc(Br)cc(C)c1NC(=O)c1cc(Cl)c2c(c1)OCCO2. The van der Waals surface area contributed by atoms with Crippen LogP contribution >= 0.6 is 27.5 Å². The van der Waals surface area contributed by atoms with Crippen LogP contribution in [0, 0.1) is 6.92 Å². The molecule has 1 amide bonds. The molecular weight excluding hydrogens is 398 g/mol. The molecule has 2 aromatic rings. The van der Waals surface area contributed by atoms with Gasteiger partial charge in [0.25, 0.3) is 5.91 Å². The molecular formula is C17H15BrClNO4. The van der Waals surface area contributed by atoms with Crippen molar-refractivity contribution in [3.63, 3.8) is 0 Å². The second-order valence-electron chi connectivity index (χ2n) is 5.24. The highest BCUT2D eigenvalue weighted by molar-refractivity contribution is 9.10. The maximum Gasteiger partial charge on any atom is 0.255 e. The van der Waals surface area contributed by atoms with Crippen molar-refractivity contribution in [2.45, 2.75) is 6.92 Å². The molecule has 0 radical (unpaired) electrons. The molecule has 5 nitrogen and oxygen atoms in total. The number of amides is 1. The molecule has 0 bridgehead atoms. The summed E-state index contributed by atoms with van der Waals surface area (Å²) in [5.41, 5.74) is 1.86. The molecule has 0 fully saturated rings. The van der Waals surface area contributed by atoms with Gasteiger partial charge in [-0.05, 0) is 36.8 Å². The fraction of sp³-hybridized carbons (Fsp3) is 0.235. The summed E-state index contributed by atoms with van der Waals surface area (Å²) in [5.74, 6) is 1.20. The van der Waals surface area contributed by atoms with E-state index in [2.05, 4.69) is 21.2 Å². The Morgan fingerprint density at radius 2 is 2.00 bits per heavy atom. The number of carbonyl (C=O) groups excluding carboxylic acids is 1. The van der Waals surface area contributed by atoms with Crippen molar-refractivity contribution in [1.82, 2.24) is 0 Å². The molecule has 1 N–H and O–H groups in total. The van der Waals surface area contributed by atoms with Gasteiger partial charge in [0.2, 0.25) is 0 Å². The van der Waals surface area contributed by atoms with Gasteiger partial charge in [-0.1, -0.05) is 27.5 Å². The molecule has 0 saturated heterocycles. The van der Waals surface area contributed by atoms with Crippen LogP contribution in [0.25, 0.3) is 0 Å². The highest BCUT2D eigenvalue weighted by Crippen LogP contribution is 2.39. The van der Waals surface area contributed by atoms with Crippen LogP contribution in [0.1, 0.15) is 15.9 Å². The van der Waals surface area contributed by atoms with Crippen molar-refractivity contribution in [3.8, 4) is 17.2 Å². The zero-order chi connectivity index (χ0) is 17.3. The minimum absolute atomic E-state index is 0.308. The first kappa shape index (κ1) is 16.9. The molecule has 7 heteroatoms. The summed E-state index contributed by atoms with van der Waals surface area (Å²) in [5, 5.41) is 3.21. The number of carbonyl (C=O) groups is 1. The van der Waals surface area contributed by atoms with Crippen LogP contribution in [0.4, 0.5) is 5.69 Å². The molecule has 1 aliphatic heterocycles. The Bertz CT molecular complexity index is 810. The Labute approximate surface area is 153 Å². The van der Waals surface area contributed by atoms with E-state index in [1.165, 1.54) is 0 Å². The average Bonchev–Trinajstić information content (AvgIpc) is 2.56. The second-order valence-corrected chi connectivity index (χ2v) is 6.56. The van der Waals surface area contributed by atoms with Gasteiger partial charge in [-0.3, -0.25) is 4.79 Å². The van der Waals surface area contributed by atoms with E-state index in [0.29, 0.717) is 46.7 Å². The lowest BCUT2D eigenvalue weighted by Crippen LogP contribution is -2.18. The van der Waals surface area contributed by atoms with E-state index in [1.807, 2.05) is 13.0 Å². The number of fused-ring (bicyclic) bond motifs is 1. The summed E-state index contributed by atoms with van der Waals surface area (Å²) < 4.78 is 17.2. The molecule has 3 rings (SSSR count). The lowest BCUT2D eigenvalue weighted by molar-refractivity contribution is 0.102. The molecule has 0 saturated carbocycles. The van der Waals surface area contributed by atoms with E-state index in [-0.39, 0.29) is 5.91 Å². The Balaban J connectivity index is 1.92. The number of rotatable bonds is 3. The summed E-state index contributed by atoms with van der Waals surface area (Å²) in [6.45, 7) is 2.75. The zero-order valence-electron chi connectivity index (χ0n) is 13.1. The maximum absolute atomic E-state index is 12.6. The number of halogens is 2. The molecule has 0 spiro atoms. The van der Waals surface area contributed by atoms with Crippen LogP contribution in [0.15, 0.2) is 28.7 Å². The standard InChI is InChI=1S/C17H15BrClNO4/c1-9-5-11(18)8-13(22-2)15(9)20-17(21)10-6-12(19)16-14(7-10)23-3-4-24-16/h5-8H,3-4H2,1-2H3,(H,20,21). The number of nitrogens with one attached hydrogen (secondary N) is 1. The van der Waals surface area contributed by atoms with Gasteiger partial charge in [-0.15, -0.1) is 0 Å². The predicted molar refractivity (Wildman–Crippen MR) is 95.8 cm³/mol. The number of aryl methyl sites for hydroxylation is 1. The van der Waals surface area contributed by atoms with Crippen LogP contribution < -0.4 is 19.5 Å². The number of ether oxygens (including phenoxy) is 3. The summed E-state index contributed by atoms with van der Waals surface area (Å²) in [6, 6.07) is 6.87. The summed E-state index contributed by atoms with van der Waals surface area (Å²) >= 11 is 9.60. The van der Waals surface area contributed by atoms with Gasteiger partial charge in [-0.25, -0.2) is 0 Å². The van der Waals surface area contributed by atoms with Crippen LogP contribution in [0.2, 0.25) is 5.02 Å². The first-order valence-electron chi connectivity index (χ1n) is 7.24. The number of anilines is 1. The van der Waals surface area contributed by atoms with Crippen molar-refractivity contribution in [3.05, 3.63) is 44.9 Å². The fourth-order valence-electron chi connectivity index (χ4n) is 2.46. The van der Waals surface area contributed by atoms with Gasteiger partial charge < -0.3 is 19.5 Å². The summed E-state index contributed by atoms with van der Waals surface area (Å²) in [4.78, 5) is 12.6. The minimum Gasteiger partial charge on any atom is -0.495 e. The largest absolute Gasteiger partial charge is 0.495 e. The Morgan fingerprint density at radius 3 is 2.75 bits per heavy atom. The highest BCUT2D eigenvalue weighted by Gasteiger charge is 2.20. The predicted octanol–water partition coefficient (Wildman–Crippen LogP) is 4.44. The van der Waals surface area contributed by atoms with E-state index < -0.39 is 0 Å². The third kappa shape index (κ3) is 3.30. The van der Waals surface area contributed by atoms with E-state index in [9.17, 15) is 4.79 Å². The van der Waals surface area contributed by atoms with Gasteiger partial charge in [-0.2, -0.15) is 0 Å². The Hall–Kier alpha value is -1.92. The Kier molecular flexibility index (Phi) is 4.87. The van der Waals surface area contributed by atoms with E-state index in [0.717, 1.165) is 10.0 Å². The van der Waals surface area contributed by atoms with Gasteiger partial charge >= 0.3 is 0 Å². The molecule has 126 valence electrons. The Morgan fingerprint density at radius 1 is 1.25 bits per heavy atom. The van der Waals surface area contributed by atoms with E-state index in [1.54, 1.807) is 25.3 Å². The van der Waals surface area contributed by atoms with Crippen LogP contribution in [0.3, 0.4) is 0 Å². The van der Waals surface area contributed by atoms with Crippen molar-refractivity contribution < 1.29 is 19.0 Å². The topological polar surface area (TPSA) is 56.8 Å². The van der Waals surface area contributed by atoms with Crippen LogP contribution in [-0.2, 0) is 0 Å². The van der Waals surface area contributed by atoms with Gasteiger partial charge in [0.15, 0.2) is 11.5 Å². The lowest BCUT2D eigenvalue weighted by atomic mass is 10.1. The smallest absolute Gasteiger partial charge is 0.255 e. The normalized spacial score (nSPS) is 12.7. The van der Waals surface area contributed by atoms with Gasteiger partial charge in [0.05, 0.1) is 17.8 Å². The van der Waals surface area contributed by atoms with Crippen molar-refractivity contribution in [1.29, 1.82) is 0 Å². The number of benzene rings is 2. The number of hydrogen-bond donors (Lipinski definition) is 1. The fourth-order valence-corrected chi connectivity index (χ4v) is 3.28. The zero-order valence-corrected chi connectivity index (χ0v) is 15.5. The molecule has 0 aromatic heterocycles. The van der Waals surface area contributed by atoms with Crippen LogP contribution in [0.5, 0.6) is 17.2 Å². The lowest BCUT2D eigenvalue weighted by Gasteiger charge is -2.20. The highest BCUT2D eigenvalue weighted by atomic mass is 79.9. The molecule has 0 aliphatic carbocycles. The molecule has 1 heterocycles. The molecule has 24 heavy (non-hydrogen) atoms. The first-order chi connectivity index (χ1) is 11.5. The third-order valence-corrected chi connectivity index (χ3v) is 4.32. The quantitative estimate of drug-likeness (QED) is 0.809. The average molecular weight is 413 g/mol.